The van der Waals surface area contributed by atoms with Gasteiger partial charge < -0.3 is 5.32 Å². The first-order chi connectivity index (χ1) is 10.2. The minimum Gasteiger partial charge on any atom is -0.304 e. The molecule has 0 amide bonds. The van der Waals surface area contributed by atoms with E-state index >= 15 is 0 Å². The highest BCUT2D eigenvalue weighted by molar-refractivity contribution is 7.16. The molecule has 0 bridgehead atoms. The molecule has 2 heterocycles. The molecule has 0 saturated heterocycles. The van der Waals surface area contributed by atoms with Crippen LogP contribution in [-0.2, 0) is 6.54 Å². The molecule has 1 N–H and O–H groups in total. The van der Waals surface area contributed by atoms with E-state index in [1.54, 1.807) is 22.3 Å². The highest BCUT2D eigenvalue weighted by atomic mass is 35.5. The zero-order valence-corrected chi connectivity index (χ0v) is 13.1. The molecule has 1 unspecified atom stereocenters. The maximum absolute atomic E-state index is 5.96. The lowest BCUT2D eigenvalue weighted by atomic mass is 10.2. The van der Waals surface area contributed by atoms with Crippen LogP contribution in [0.5, 0.6) is 0 Å². The minimum atomic E-state index is 0.240. The van der Waals surface area contributed by atoms with Gasteiger partial charge >= 0.3 is 0 Å². The van der Waals surface area contributed by atoms with Crippen LogP contribution in [0.15, 0.2) is 48.7 Å². The fraction of sp³-hybridized carbons (Fsp3) is 0.200. The normalized spacial score (nSPS) is 12.5. The Morgan fingerprint density at radius 1 is 1.24 bits per heavy atom. The van der Waals surface area contributed by atoms with Crippen molar-refractivity contribution in [1.82, 2.24) is 20.3 Å². The molecule has 0 spiro atoms. The number of nitrogens with one attached hydrogen (secondary N) is 1. The fourth-order valence-corrected chi connectivity index (χ4v) is 3.07. The van der Waals surface area contributed by atoms with Gasteiger partial charge in [-0.05, 0) is 31.2 Å². The number of halogens is 1. The molecule has 2 aromatic heterocycles. The summed E-state index contributed by atoms with van der Waals surface area (Å²) in [7, 11) is 0. The SMILES string of the molecule is CC(NCc1cnn(-c2ccccc2)n1)c1ccc(Cl)s1. The van der Waals surface area contributed by atoms with Crippen LogP contribution in [0, 0.1) is 0 Å². The molecule has 0 radical (unpaired) electrons. The molecule has 108 valence electrons. The van der Waals surface area contributed by atoms with E-state index < -0.39 is 0 Å². The third-order valence-electron chi connectivity index (χ3n) is 3.14. The van der Waals surface area contributed by atoms with Crippen LogP contribution < -0.4 is 5.32 Å². The van der Waals surface area contributed by atoms with Gasteiger partial charge in [0.2, 0.25) is 0 Å². The molecule has 3 aromatic rings. The molecule has 1 aromatic carbocycles. The van der Waals surface area contributed by atoms with Gasteiger partial charge in [0.25, 0.3) is 0 Å². The summed E-state index contributed by atoms with van der Waals surface area (Å²) in [5.74, 6) is 0. The molecule has 0 aliphatic rings. The van der Waals surface area contributed by atoms with Gasteiger partial charge in [-0.15, -0.1) is 11.3 Å². The molecule has 0 saturated carbocycles. The Labute approximate surface area is 132 Å². The van der Waals surface area contributed by atoms with E-state index in [4.69, 9.17) is 11.6 Å². The van der Waals surface area contributed by atoms with Crippen LogP contribution in [-0.4, -0.2) is 15.0 Å². The molecule has 0 aliphatic carbocycles. The quantitative estimate of drug-likeness (QED) is 0.777. The molecule has 0 aliphatic heterocycles. The zero-order chi connectivity index (χ0) is 14.7. The van der Waals surface area contributed by atoms with Gasteiger partial charge in [0.05, 0.1) is 21.9 Å². The number of aromatic nitrogens is 3. The van der Waals surface area contributed by atoms with Crippen LogP contribution >= 0.6 is 22.9 Å². The predicted octanol–water partition coefficient (Wildman–Crippen LogP) is 3.83. The van der Waals surface area contributed by atoms with Gasteiger partial charge in [-0.1, -0.05) is 29.8 Å². The van der Waals surface area contributed by atoms with E-state index in [-0.39, 0.29) is 6.04 Å². The molecular formula is C15H15ClN4S. The van der Waals surface area contributed by atoms with E-state index in [9.17, 15) is 0 Å². The van der Waals surface area contributed by atoms with Crippen LogP contribution in [0.4, 0.5) is 0 Å². The number of hydrogen-bond donors (Lipinski definition) is 1. The average molecular weight is 319 g/mol. The highest BCUT2D eigenvalue weighted by Gasteiger charge is 2.09. The summed E-state index contributed by atoms with van der Waals surface area (Å²) in [5.41, 5.74) is 1.87. The maximum atomic E-state index is 5.96. The van der Waals surface area contributed by atoms with Crippen LogP contribution in [0.1, 0.15) is 23.5 Å². The van der Waals surface area contributed by atoms with Crippen molar-refractivity contribution < 1.29 is 0 Å². The van der Waals surface area contributed by atoms with E-state index in [1.807, 2.05) is 42.5 Å². The smallest absolute Gasteiger partial charge is 0.0969 e. The first-order valence-electron chi connectivity index (χ1n) is 6.67. The number of para-hydroxylation sites is 1. The molecule has 4 nitrogen and oxygen atoms in total. The number of thiophene rings is 1. The van der Waals surface area contributed by atoms with E-state index in [0.717, 1.165) is 15.7 Å². The first-order valence-corrected chi connectivity index (χ1v) is 7.87. The van der Waals surface area contributed by atoms with Crippen molar-refractivity contribution in [1.29, 1.82) is 0 Å². The standard InChI is InChI=1S/C15H15ClN4S/c1-11(14-7-8-15(16)21-14)17-9-12-10-18-20(19-12)13-5-3-2-4-6-13/h2-8,10-11,17H,9H2,1H3. The van der Waals surface area contributed by atoms with E-state index in [0.29, 0.717) is 6.54 Å². The second-order valence-electron chi connectivity index (χ2n) is 4.71. The maximum Gasteiger partial charge on any atom is 0.0969 e. The topological polar surface area (TPSA) is 42.7 Å². The largest absolute Gasteiger partial charge is 0.304 e. The van der Waals surface area contributed by atoms with E-state index in [2.05, 4.69) is 22.4 Å². The Bertz CT molecular complexity index is 707. The van der Waals surface area contributed by atoms with Gasteiger partial charge in [0, 0.05) is 17.5 Å². The lowest BCUT2D eigenvalue weighted by Gasteiger charge is -2.10. The van der Waals surface area contributed by atoms with Crippen LogP contribution in [0.3, 0.4) is 0 Å². The molecule has 3 rings (SSSR count). The Morgan fingerprint density at radius 3 is 2.76 bits per heavy atom. The third-order valence-corrected chi connectivity index (χ3v) is 4.55. The van der Waals surface area contributed by atoms with Gasteiger partial charge in [-0.2, -0.15) is 15.0 Å². The van der Waals surface area contributed by atoms with Crippen molar-refractivity contribution in [2.45, 2.75) is 19.5 Å². The lowest BCUT2D eigenvalue weighted by Crippen LogP contribution is -2.17. The van der Waals surface area contributed by atoms with Crippen molar-refractivity contribution in [3.63, 3.8) is 0 Å². The van der Waals surface area contributed by atoms with Crippen LogP contribution in [0.25, 0.3) is 5.69 Å². The number of hydrogen-bond acceptors (Lipinski definition) is 4. The average Bonchev–Trinajstić information content (AvgIpc) is 3.15. The van der Waals surface area contributed by atoms with Crippen molar-refractivity contribution in [2.75, 3.05) is 0 Å². The van der Waals surface area contributed by atoms with Gasteiger partial charge in [0.15, 0.2) is 0 Å². The second kappa shape index (κ2) is 6.39. The van der Waals surface area contributed by atoms with Gasteiger partial charge in [0.1, 0.15) is 0 Å². The number of nitrogens with zero attached hydrogens (tertiary/aromatic N) is 3. The first kappa shape index (κ1) is 14.3. The summed E-state index contributed by atoms with van der Waals surface area (Å²) >= 11 is 7.55. The summed E-state index contributed by atoms with van der Waals surface area (Å²) in [6, 6.07) is 14.1. The van der Waals surface area contributed by atoms with Gasteiger partial charge in [-0.3, -0.25) is 0 Å². The minimum absolute atomic E-state index is 0.240. The van der Waals surface area contributed by atoms with Crippen molar-refractivity contribution >= 4 is 22.9 Å². The Morgan fingerprint density at radius 2 is 2.05 bits per heavy atom. The zero-order valence-electron chi connectivity index (χ0n) is 11.5. The summed E-state index contributed by atoms with van der Waals surface area (Å²) in [6.07, 6.45) is 1.79. The summed E-state index contributed by atoms with van der Waals surface area (Å²) < 4.78 is 0.814. The van der Waals surface area contributed by atoms with Crippen molar-refractivity contribution in [2.24, 2.45) is 0 Å². The fourth-order valence-electron chi connectivity index (χ4n) is 1.98. The van der Waals surface area contributed by atoms with E-state index in [1.165, 1.54) is 4.88 Å². The monoisotopic (exact) mass is 318 g/mol. The molecule has 0 fully saturated rings. The number of benzene rings is 1. The lowest BCUT2D eigenvalue weighted by molar-refractivity contribution is 0.571. The summed E-state index contributed by atoms with van der Waals surface area (Å²) in [6.45, 7) is 2.79. The van der Waals surface area contributed by atoms with Gasteiger partial charge in [-0.25, -0.2) is 0 Å². The molecule has 6 heteroatoms. The van der Waals surface area contributed by atoms with Crippen LogP contribution in [0.2, 0.25) is 4.34 Å². The summed E-state index contributed by atoms with van der Waals surface area (Å²) in [4.78, 5) is 2.86. The Kier molecular flexibility index (Phi) is 4.34. The Balaban J connectivity index is 1.63. The molecule has 21 heavy (non-hydrogen) atoms. The molecule has 1 atom stereocenters. The molecular weight excluding hydrogens is 304 g/mol. The number of rotatable bonds is 5. The second-order valence-corrected chi connectivity index (χ2v) is 6.45. The predicted molar refractivity (Wildman–Crippen MR) is 85.9 cm³/mol. The van der Waals surface area contributed by atoms with Crippen molar-refractivity contribution in [3.8, 4) is 5.69 Å². The van der Waals surface area contributed by atoms with Crippen molar-refractivity contribution in [3.05, 3.63) is 63.6 Å². The highest BCUT2D eigenvalue weighted by Crippen LogP contribution is 2.26. The Hall–Kier alpha value is -1.69. The third kappa shape index (κ3) is 3.50. The summed E-state index contributed by atoms with van der Waals surface area (Å²) in [5, 5.41) is 12.2.